The van der Waals surface area contributed by atoms with Gasteiger partial charge in [0.05, 0.1) is 13.2 Å². The van der Waals surface area contributed by atoms with Crippen molar-refractivity contribution in [2.75, 3.05) is 31.7 Å². The van der Waals surface area contributed by atoms with Gasteiger partial charge in [-0.25, -0.2) is 9.18 Å². The Bertz CT molecular complexity index is 398. The molecule has 1 rings (SSSR count). The fourth-order valence-corrected chi connectivity index (χ4v) is 1.57. The van der Waals surface area contributed by atoms with Crippen molar-refractivity contribution < 1.29 is 19.0 Å². The fraction of sp³-hybridized carbons (Fsp3) is 0.417. The molecule has 5 nitrogen and oxygen atoms in total. The van der Waals surface area contributed by atoms with Crippen molar-refractivity contribution in [1.29, 1.82) is 0 Å². The van der Waals surface area contributed by atoms with Crippen molar-refractivity contribution >= 4 is 23.3 Å². The van der Waals surface area contributed by atoms with Crippen LogP contribution >= 0.6 is 11.6 Å². The molecular weight excluding hydrogens is 275 g/mol. The Balaban J connectivity index is 2.23. The van der Waals surface area contributed by atoms with Crippen LogP contribution in [0.3, 0.4) is 0 Å². The van der Waals surface area contributed by atoms with Gasteiger partial charge in [0, 0.05) is 23.9 Å². The third kappa shape index (κ3) is 6.95. The lowest BCUT2D eigenvalue weighted by atomic mass is 10.3. The van der Waals surface area contributed by atoms with E-state index in [4.69, 9.17) is 21.4 Å². The third-order valence-electron chi connectivity index (χ3n) is 2.11. The van der Waals surface area contributed by atoms with Gasteiger partial charge in [-0.2, -0.15) is 0 Å². The molecule has 0 unspecified atom stereocenters. The number of nitrogens with one attached hydrogen (secondary N) is 2. The van der Waals surface area contributed by atoms with E-state index in [0.29, 0.717) is 25.3 Å². The Morgan fingerprint density at radius 2 is 2.16 bits per heavy atom. The molecule has 0 aliphatic heterocycles. The molecule has 0 spiro atoms. The Labute approximate surface area is 115 Å². The van der Waals surface area contributed by atoms with Gasteiger partial charge in [-0.15, -0.1) is 0 Å². The second-order valence-corrected chi connectivity index (χ2v) is 4.16. The van der Waals surface area contributed by atoms with E-state index in [2.05, 4.69) is 10.6 Å². The largest absolute Gasteiger partial charge is 0.394 e. The van der Waals surface area contributed by atoms with E-state index in [1.807, 2.05) is 0 Å². The summed E-state index contributed by atoms with van der Waals surface area (Å²) in [5.74, 6) is -0.514. The van der Waals surface area contributed by atoms with Crippen molar-refractivity contribution in [2.45, 2.75) is 6.42 Å². The normalized spacial score (nSPS) is 10.3. The maximum absolute atomic E-state index is 13.0. The van der Waals surface area contributed by atoms with Gasteiger partial charge >= 0.3 is 6.03 Å². The predicted octanol–water partition coefficient (Wildman–Crippen LogP) is 2.00. The summed E-state index contributed by atoms with van der Waals surface area (Å²) < 4.78 is 18.0. The number of aliphatic hydroxyl groups is 1. The van der Waals surface area contributed by atoms with Gasteiger partial charge in [0.1, 0.15) is 5.82 Å². The topological polar surface area (TPSA) is 70.6 Å². The molecule has 106 valence electrons. The first-order chi connectivity index (χ1) is 9.11. The van der Waals surface area contributed by atoms with E-state index in [0.717, 1.165) is 6.07 Å². The van der Waals surface area contributed by atoms with Gasteiger partial charge < -0.3 is 20.5 Å². The summed E-state index contributed by atoms with van der Waals surface area (Å²) in [6.07, 6.45) is 0.622. The number of hydrogen-bond donors (Lipinski definition) is 3. The van der Waals surface area contributed by atoms with Crippen molar-refractivity contribution in [3.8, 4) is 0 Å². The highest BCUT2D eigenvalue weighted by Crippen LogP contribution is 2.17. The van der Waals surface area contributed by atoms with Crippen LogP contribution in [0.4, 0.5) is 14.9 Å². The van der Waals surface area contributed by atoms with Gasteiger partial charge in [0.15, 0.2) is 0 Å². The minimum atomic E-state index is -0.514. The molecular formula is C12H16ClFN2O3. The smallest absolute Gasteiger partial charge is 0.319 e. The zero-order chi connectivity index (χ0) is 14.1. The number of aliphatic hydroxyl groups excluding tert-OH is 1. The van der Waals surface area contributed by atoms with Crippen LogP contribution in [0.25, 0.3) is 0 Å². The van der Waals surface area contributed by atoms with E-state index < -0.39 is 11.8 Å². The number of carbonyl (C=O) groups excluding carboxylic acids is 1. The monoisotopic (exact) mass is 290 g/mol. The molecule has 0 bridgehead atoms. The van der Waals surface area contributed by atoms with Crippen LogP contribution in [0.15, 0.2) is 18.2 Å². The van der Waals surface area contributed by atoms with Crippen LogP contribution in [0.1, 0.15) is 6.42 Å². The lowest BCUT2D eigenvalue weighted by Gasteiger charge is -2.08. The summed E-state index contributed by atoms with van der Waals surface area (Å²) in [4.78, 5) is 11.5. The van der Waals surface area contributed by atoms with Crippen LogP contribution in [-0.2, 0) is 4.74 Å². The van der Waals surface area contributed by atoms with Gasteiger partial charge in [0.25, 0.3) is 0 Å². The number of urea groups is 1. The van der Waals surface area contributed by atoms with Crippen molar-refractivity contribution in [3.05, 3.63) is 29.0 Å². The molecule has 1 aromatic carbocycles. The molecule has 0 saturated heterocycles. The molecule has 0 aliphatic carbocycles. The van der Waals surface area contributed by atoms with E-state index >= 15 is 0 Å². The van der Waals surface area contributed by atoms with Crippen LogP contribution in [0.2, 0.25) is 5.02 Å². The Kier molecular flexibility index (Phi) is 7.17. The Morgan fingerprint density at radius 3 is 2.84 bits per heavy atom. The Morgan fingerprint density at radius 1 is 1.37 bits per heavy atom. The standard InChI is InChI=1S/C12H16ClFN2O3/c13-9-6-10(14)8-11(7-9)16-12(18)15-2-1-4-19-5-3-17/h6-8,17H,1-5H2,(H2,15,16,18). The number of hydrogen-bond acceptors (Lipinski definition) is 3. The van der Waals surface area contributed by atoms with E-state index in [1.165, 1.54) is 12.1 Å². The van der Waals surface area contributed by atoms with Crippen LogP contribution < -0.4 is 10.6 Å². The summed E-state index contributed by atoms with van der Waals surface area (Å²) in [5.41, 5.74) is 0.291. The zero-order valence-corrected chi connectivity index (χ0v) is 11.0. The number of rotatable bonds is 7. The molecule has 0 heterocycles. The van der Waals surface area contributed by atoms with Crippen molar-refractivity contribution in [2.24, 2.45) is 0 Å². The second-order valence-electron chi connectivity index (χ2n) is 3.73. The highest BCUT2D eigenvalue weighted by molar-refractivity contribution is 6.30. The van der Waals surface area contributed by atoms with Crippen molar-refractivity contribution in [1.82, 2.24) is 5.32 Å². The predicted molar refractivity (Wildman–Crippen MR) is 71.0 cm³/mol. The molecule has 7 heteroatoms. The highest BCUT2D eigenvalue weighted by Gasteiger charge is 2.03. The molecule has 0 aromatic heterocycles. The maximum Gasteiger partial charge on any atom is 0.319 e. The quantitative estimate of drug-likeness (QED) is 0.673. The summed E-state index contributed by atoms with van der Waals surface area (Å²) in [7, 11) is 0. The van der Waals surface area contributed by atoms with Gasteiger partial charge in [-0.1, -0.05) is 11.6 Å². The minimum Gasteiger partial charge on any atom is -0.394 e. The third-order valence-corrected chi connectivity index (χ3v) is 2.33. The number of benzene rings is 1. The number of amides is 2. The van der Waals surface area contributed by atoms with E-state index in [9.17, 15) is 9.18 Å². The zero-order valence-electron chi connectivity index (χ0n) is 10.3. The van der Waals surface area contributed by atoms with E-state index in [1.54, 1.807) is 0 Å². The van der Waals surface area contributed by atoms with Crippen LogP contribution in [0.5, 0.6) is 0 Å². The lowest BCUT2D eigenvalue weighted by Crippen LogP contribution is -2.30. The average Bonchev–Trinajstić information content (AvgIpc) is 2.32. The molecule has 0 aliphatic rings. The number of anilines is 1. The second kappa shape index (κ2) is 8.68. The van der Waals surface area contributed by atoms with Crippen LogP contribution in [-0.4, -0.2) is 37.5 Å². The fourth-order valence-electron chi connectivity index (χ4n) is 1.34. The first-order valence-electron chi connectivity index (χ1n) is 5.81. The summed E-state index contributed by atoms with van der Waals surface area (Å²) in [6.45, 7) is 1.13. The SMILES string of the molecule is O=C(NCCCOCCO)Nc1cc(F)cc(Cl)c1. The number of ether oxygens (including phenoxy) is 1. The molecule has 0 atom stereocenters. The van der Waals surface area contributed by atoms with Gasteiger partial charge in [-0.3, -0.25) is 0 Å². The van der Waals surface area contributed by atoms with E-state index in [-0.39, 0.29) is 18.2 Å². The van der Waals surface area contributed by atoms with Crippen LogP contribution in [0, 0.1) is 5.82 Å². The summed E-state index contributed by atoms with van der Waals surface area (Å²) in [5, 5.41) is 13.7. The number of carbonyl (C=O) groups is 1. The summed E-state index contributed by atoms with van der Waals surface area (Å²) in [6, 6.07) is 3.34. The number of halogens is 2. The molecule has 3 N–H and O–H groups in total. The molecule has 0 fully saturated rings. The van der Waals surface area contributed by atoms with Gasteiger partial charge in [-0.05, 0) is 24.6 Å². The maximum atomic E-state index is 13.0. The van der Waals surface area contributed by atoms with Crippen molar-refractivity contribution in [3.63, 3.8) is 0 Å². The first-order valence-corrected chi connectivity index (χ1v) is 6.19. The molecule has 2 amide bonds. The lowest BCUT2D eigenvalue weighted by molar-refractivity contribution is 0.0910. The molecule has 19 heavy (non-hydrogen) atoms. The molecule has 0 saturated carbocycles. The minimum absolute atomic E-state index is 0.0196. The molecule has 1 aromatic rings. The first kappa shape index (κ1) is 15.7. The average molecular weight is 291 g/mol. The highest BCUT2D eigenvalue weighted by atomic mass is 35.5. The summed E-state index contributed by atoms with van der Waals surface area (Å²) >= 11 is 5.66. The van der Waals surface area contributed by atoms with Gasteiger partial charge in [0.2, 0.25) is 0 Å². The molecule has 0 radical (unpaired) electrons. The Hall–Kier alpha value is -1.37.